The van der Waals surface area contributed by atoms with Crippen molar-refractivity contribution in [2.75, 3.05) is 19.8 Å². The summed E-state index contributed by atoms with van der Waals surface area (Å²) in [5.74, 6) is 0.256. The molecule has 32 heavy (non-hydrogen) atoms. The van der Waals surface area contributed by atoms with Crippen LogP contribution in [0.15, 0.2) is 54.6 Å². The summed E-state index contributed by atoms with van der Waals surface area (Å²) in [7, 11) is 0. The van der Waals surface area contributed by atoms with Crippen LogP contribution in [0, 0.1) is 5.92 Å². The topological polar surface area (TPSA) is 58.6 Å². The molecule has 2 aliphatic heterocycles. The van der Waals surface area contributed by atoms with Gasteiger partial charge in [0.25, 0.3) is 5.91 Å². The van der Waals surface area contributed by atoms with Crippen molar-refractivity contribution in [3.63, 3.8) is 0 Å². The number of benzene rings is 2. The molecule has 0 bridgehead atoms. The van der Waals surface area contributed by atoms with Crippen LogP contribution in [0.1, 0.15) is 65.9 Å². The minimum atomic E-state index is -0.457. The van der Waals surface area contributed by atoms with Gasteiger partial charge in [-0.1, -0.05) is 61.4 Å². The fourth-order valence-corrected chi connectivity index (χ4v) is 5.96. The SMILES string of the molecule is O=C(NCC1CCOCC1)[C@H]1c2ccccc2C(=O)N(Cc2ccccc2)C12CCCC2. The third kappa shape index (κ3) is 3.83. The average Bonchev–Trinajstić information content (AvgIpc) is 3.32. The first-order valence-corrected chi connectivity index (χ1v) is 12.0. The predicted molar refractivity (Wildman–Crippen MR) is 123 cm³/mol. The van der Waals surface area contributed by atoms with Crippen molar-refractivity contribution in [2.24, 2.45) is 5.92 Å². The van der Waals surface area contributed by atoms with Crippen molar-refractivity contribution >= 4 is 11.8 Å². The number of nitrogens with one attached hydrogen (secondary N) is 1. The highest BCUT2D eigenvalue weighted by molar-refractivity contribution is 6.02. The van der Waals surface area contributed by atoms with Crippen LogP contribution in [0.4, 0.5) is 0 Å². The number of hydrogen-bond donors (Lipinski definition) is 1. The first-order valence-electron chi connectivity index (χ1n) is 12.0. The molecule has 2 aromatic carbocycles. The van der Waals surface area contributed by atoms with Crippen molar-refractivity contribution < 1.29 is 14.3 Å². The van der Waals surface area contributed by atoms with E-state index in [1.165, 1.54) is 0 Å². The van der Waals surface area contributed by atoms with E-state index in [1.807, 2.05) is 47.4 Å². The lowest BCUT2D eigenvalue weighted by Gasteiger charge is -2.50. The molecule has 1 saturated carbocycles. The molecule has 168 valence electrons. The predicted octanol–water partition coefficient (Wildman–Crippen LogP) is 4.28. The molecule has 0 aromatic heterocycles. The third-order valence-electron chi connectivity index (χ3n) is 7.64. The fourth-order valence-electron chi connectivity index (χ4n) is 5.96. The van der Waals surface area contributed by atoms with Gasteiger partial charge >= 0.3 is 0 Å². The molecule has 0 unspecified atom stereocenters. The van der Waals surface area contributed by atoms with Crippen LogP contribution >= 0.6 is 0 Å². The summed E-state index contributed by atoms with van der Waals surface area (Å²) in [6.07, 6.45) is 5.82. The molecule has 3 aliphatic rings. The molecule has 1 atom stereocenters. The van der Waals surface area contributed by atoms with Crippen LogP contribution in [0.5, 0.6) is 0 Å². The van der Waals surface area contributed by atoms with E-state index in [9.17, 15) is 9.59 Å². The van der Waals surface area contributed by atoms with Gasteiger partial charge in [0.1, 0.15) is 0 Å². The molecule has 1 spiro atoms. The molecule has 2 aromatic rings. The van der Waals surface area contributed by atoms with Crippen LogP contribution in [0.2, 0.25) is 0 Å². The summed E-state index contributed by atoms with van der Waals surface area (Å²) in [6, 6.07) is 17.9. The van der Waals surface area contributed by atoms with Gasteiger partial charge in [0.15, 0.2) is 0 Å². The average molecular weight is 433 g/mol. The highest BCUT2D eigenvalue weighted by Gasteiger charge is 2.55. The molecule has 0 radical (unpaired) electrons. The summed E-state index contributed by atoms with van der Waals surface area (Å²) in [4.78, 5) is 29.5. The molecule has 2 heterocycles. The van der Waals surface area contributed by atoms with E-state index in [4.69, 9.17) is 4.74 Å². The van der Waals surface area contributed by atoms with Gasteiger partial charge in [-0.2, -0.15) is 0 Å². The van der Waals surface area contributed by atoms with Gasteiger partial charge in [-0.25, -0.2) is 0 Å². The summed E-state index contributed by atoms with van der Waals surface area (Å²) in [6.45, 7) is 2.77. The lowest BCUT2D eigenvalue weighted by Crippen LogP contribution is -2.60. The van der Waals surface area contributed by atoms with Crippen molar-refractivity contribution in [2.45, 2.75) is 56.5 Å². The standard InChI is InChI=1S/C27H32N2O3/c30-25(28-18-20-12-16-32-17-13-20)24-22-10-4-5-11-23(22)26(31)29(27(24)14-6-7-15-27)19-21-8-2-1-3-9-21/h1-5,8-11,20,24H,6-7,12-19H2,(H,28,30)/t24-/m1/s1. The van der Waals surface area contributed by atoms with Crippen LogP contribution < -0.4 is 5.32 Å². The van der Waals surface area contributed by atoms with Crippen molar-refractivity contribution in [3.8, 4) is 0 Å². The van der Waals surface area contributed by atoms with Gasteiger partial charge in [0, 0.05) is 31.9 Å². The minimum absolute atomic E-state index is 0.0554. The highest BCUT2D eigenvalue weighted by atomic mass is 16.5. The Balaban J connectivity index is 1.50. The van der Waals surface area contributed by atoms with Crippen molar-refractivity contribution in [3.05, 3.63) is 71.3 Å². The molecule has 5 nitrogen and oxygen atoms in total. The molecular formula is C27H32N2O3. The minimum Gasteiger partial charge on any atom is -0.381 e. The van der Waals surface area contributed by atoms with E-state index in [0.717, 1.165) is 62.9 Å². The van der Waals surface area contributed by atoms with Crippen LogP contribution in [-0.2, 0) is 16.1 Å². The molecular weight excluding hydrogens is 400 g/mol. The Morgan fingerprint density at radius 2 is 1.69 bits per heavy atom. The molecule has 1 saturated heterocycles. The second-order valence-electron chi connectivity index (χ2n) is 9.51. The zero-order valence-corrected chi connectivity index (χ0v) is 18.6. The smallest absolute Gasteiger partial charge is 0.254 e. The van der Waals surface area contributed by atoms with E-state index in [2.05, 4.69) is 17.4 Å². The van der Waals surface area contributed by atoms with E-state index >= 15 is 0 Å². The lowest BCUT2D eigenvalue weighted by molar-refractivity contribution is -0.126. The number of fused-ring (bicyclic) bond motifs is 1. The molecule has 2 fully saturated rings. The molecule has 2 amide bonds. The number of carbonyl (C=O) groups is 2. The largest absolute Gasteiger partial charge is 0.381 e. The van der Waals surface area contributed by atoms with Gasteiger partial charge in [-0.05, 0) is 48.8 Å². The Bertz CT molecular complexity index is 962. The van der Waals surface area contributed by atoms with E-state index < -0.39 is 5.54 Å². The van der Waals surface area contributed by atoms with E-state index in [0.29, 0.717) is 24.6 Å². The highest BCUT2D eigenvalue weighted by Crippen LogP contribution is 2.50. The number of carbonyl (C=O) groups excluding carboxylic acids is 2. The first kappa shape index (κ1) is 21.2. The zero-order chi connectivity index (χ0) is 22.0. The maximum atomic E-state index is 13.8. The second kappa shape index (κ2) is 9.07. The molecule has 5 rings (SSSR count). The van der Waals surface area contributed by atoms with Crippen molar-refractivity contribution in [1.29, 1.82) is 0 Å². The molecule has 5 heteroatoms. The maximum Gasteiger partial charge on any atom is 0.254 e. The number of ether oxygens (including phenoxy) is 1. The summed E-state index contributed by atoms with van der Waals surface area (Å²) in [5, 5.41) is 3.28. The monoisotopic (exact) mass is 432 g/mol. The second-order valence-corrected chi connectivity index (χ2v) is 9.51. The van der Waals surface area contributed by atoms with Crippen LogP contribution in [0.25, 0.3) is 0 Å². The zero-order valence-electron chi connectivity index (χ0n) is 18.6. The Kier molecular flexibility index (Phi) is 6.01. The van der Waals surface area contributed by atoms with Gasteiger partial charge in [-0.15, -0.1) is 0 Å². The number of amides is 2. The van der Waals surface area contributed by atoms with Gasteiger partial charge in [-0.3, -0.25) is 9.59 Å². The van der Waals surface area contributed by atoms with E-state index in [1.54, 1.807) is 0 Å². The lowest BCUT2D eigenvalue weighted by atomic mass is 9.70. The Morgan fingerprint density at radius 3 is 2.44 bits per heavy atom. The van der Waals surface area contributed by atoms with Crippen LogP contribution in [-0.4, -0.2) is 42.0 Å². The fraction of sp³-hybridized carbons (Fsp3) is 0.481. The number of nitrogens with zero attached hydrogens (tertiary/aromatic N) is 1. The van der Waals surface area contributed by atoms with Crippen molar-refractivity contribution in [1.82, 2.24) is 10.2 Å². The molecule has 1 N–H and O–H groups in total. The summed E-state index contributed by atoms with van der Waals surface area (Å²) >= 11 is 0. The summed E-state index contributed by atoms with van der Waals surface area (Å²) < 4.78 is 5.47. The quantitative estimate of drug-likeness (QED) is 0.767. The normalized spacial score (nSPS) is 22.7. The Hall–Kier alpha value is -2.66. The van der Waals surface area contributed by atoms with Gasteiger partial charge in [0.2, 0.25) is 5.91 Å². The van der Waals surface area contributed by atoms with Gasteiger partial charge in [0.05, 0.1) is 11.5 Å². The first-order chi connectivity index (χ1) is 15.7. The summed E-state index contributed by atoms with van der Waals surface area (Å²) in [5.41, 5.74) is 2.22. The third-order valence-corrected chi connectivity index (χ3v) is 7.64. The Labute approximate surface area is 190 Å². The Morgan fingerprint density at radius 1 is 1.00 bits per heavy atom. The van der Waals surface area contributed by atoms with Gasteiger partial charge < -0.3 is 15.0 Å². The van der Waals surface area contributed by atoms with E-state index in [-0.39, 0.29) is 17.7 Å². The number of hydrogen-bond acceptors (Lipinski definition) is 3. The maximum absolute atomic E-state index is 13.8. The number of rotatable bonds is 5. The van der Waals surface area contributed by atoms with Crippen LogP contribution in [0.3, 0.4) is 0 Å². The molecule has 1 aliphatic carbocycles.